The number of aromatic nitrogens is 1. The van der Waals surface area contributed by atoms with E-state index >= 15 is 0 Å². The van der Waals surface area contributed by atoms with Crippen LogP contribution in [0.15, 0.2) is 30.5 Å². The predicted octanol–water partition coefficient (Wildman–Crippen LogP) is 2.96. The second-order valence-electron chi connectivity index (χ2n) is 9.41. The maximum Gasteiger partial charge on any atom is 0.324 e. The van der Waals surface area contributed by atoms with Crippen molar-refractivity contribution in [2.45, 2.75) is 52.5 Å². The van der Waals surface area contributed by atoms with Gasteiger partial charge in [0.15, 0.2) is 0 Å². The normalized spacial score (nSPS) is 25.8. The summed E-state index contributed by atoms with van der Waals surface area (Å²) in [5.74, 6) is -0.646. The molecule has 3 atom stereocenters. The van der Waals surface area contributed by atoms with Gasteiger partial charge >= 0.3 is 5.97 Å². The lowest BCUT2D eigenvalue weighted by Crippen LogP contribution is -2.50. The zero-order valence-electron chi connectivity index (χ0n) is 18.2. The van der Waals surface area contributed by atoms with Crippen LogP contribution in [-0.2, 0) is 30.8 Å². The van der Waals surface area contributed by atoms with Crippen LogP contribution in [0.3, 0.4) is 0 Å². The Morgan fingerprint density at radius 1 is 1.32 bits per heavy atom. The first-order valence-corrected chi connectivity index (χ1v) is 12.5. The Bertz CT molecular complexity index is 1120. The largest absolute Gasteiger partial charge is 0.465 e. The summed E-state index contributed by atoms with van der Waals surface area (Å²) in [5, 5.41) is 0.931. The minimum atomic E-state index is -3.91. The molecular weight excluding hydrogens is 416 g/mol. The van der Waals surface area contributed by atoms with Crippen LogP contribution in [0.25, 0.3) is 10.9 Å². The molecule has 0 saturated heterocycles. The number of hydrogen-bond acceptors (Lipinski definition) is 5. The Kier molecular flexibility index (Phi) is 5.50. The third kappa shape index (κ3) is 3.69. The average molecular weight is 447 g/mol. The first-order valence-electron chi connectivity index (χ1n) is 10.8. The highest BCUT2D eigenvalue weighted by Crippen LogP contribution is 2.64. The van der Waals surface area contributed by atoms with E-state index in [0.717, 1.165) is 22.9 Å². The number of nitrogens with one attached hydrogen (secondary N) is 2. The Labute approximate surface area is 183 Å². The van der Waals surface area contributed by atoms with Gasteiger partial charge < -0.3 is 9.72 Å². The highest BCUT2D eigenvalue weighted by Gasteiger charge is 2.65. The maximum absolute atomic E-state index is 13.2. The minimum absolute atomic E-state index is 0.0310. The lowest BCUT2D eigenvalue weighted by molar-refractivity contribution is -0.145. The van der Waals surface area contributed by atoms with E-state index in [-0.39, 0.29) is 35.9 Å². The number of carbonyl (C=O) groups is 2. The van der Waals surface area contributed by atoms with E-state index in [1.54, 1.807) is 13.1 Å². The molecule has 2 N–H and O–H groups in total. The van der Waals surface area contributed by atoms with Crippen LogP contribution in [0, 0.1) is 16.7 Å². The molecule has 7 nitrogen and oxygen atoms in total. The van der Waals surface area contributed by atoms with Gasteiger partial charge in [0.25, 0.3) is 0 Å². The fourth-order valence-corrected chi connectivity index (χ4v) is 7.65. The van der Waals surface area contributed by atoms with Crippen molar-refractivity contribution in [2.75, 3.05) is 12.4 Å². The molecule has 2 aliphatic carbocycles. The lowest BCUT2D eigenvalue weighted by Gasteiger charge is -2.36. The van der Waals surface area contributed by atoms with Crippen LogP contribution >= 0.6 is 0 Å². The quantitative estimate of drug-likeness (QED) is 0.607. The smallest absolute Gasteiger partial charge is 0.324 e. The fourth-order valence-electron chi connectivity index (χ4n) is 5.63. The van der Waals surface area contributed by atoms with Crippen molar-refractivity contribution in [3.63, 3.8) is 0 Å². The zero-order chi connectivity index (χ0) is 22.4. The maximum atomic E-state index is 13.2. The van der Waals surface area contributed by atoms with Crippen molar-refractivity contribution in [3.8, 4) is 0 Å². The summed E-state index contributed by atoms with van der Waals surface area (Å²) in [6.07, 6.45) is 3.84. The van der Waals surface area contributed by atoms with E-state index in [0.29, 0.717) is 12.8 Å². The van der Waals surface area contributed by atoms with E-state index in [1.165, 1.54) is 0 Å². The van der Waals surface area contributed by atoms with Crippen molar-refractivity contribution in [3.05, 3.63) is 36.0 Å². The van der Waals surface area contributed by atoms with Crippen LogP contribution in [-0.4, -0.2) is 43.6 Å². The number of benzene rings is 1. The number of esters is 1. The number of sulfonamides is 1. The second-order valence-corrected chi connectivity index (χ2v) is 11.2. The lowest BCUT2D eigenvalue weighted by atomic mass is 9.70. The van der Waals surface area contributed by atoms with Gasteiger partial charge in [-0.2, -0.15) is 0 Å². The summed E-state index contributed by atoms with van der Waals surface area (Å²) < 4.78 is 34.2. The van der Waals surface area contributed by atoms with Crippen LogP contribution in [0.1, 0.15) is 45.6 Å². The Morgan fingerprint density at radius 3 is 2.71 bits per heavy atom. The number of ether oxygens (including phenoxy) is 1. The number of Topliss-reactive ketones (excluding diaryl/α,β-unsaturated/α-hetero) is 1. The molecule has 0 spiro atoms. The molecule has 4 rings (SSSR count). The summed E-state index contributed by atoms with van der Waals surface area (Å²) >= 11 is 0. The molecule has 2 fully saturated rings. The fraction of sp³-hybridized carbons (Fsp3) is 0.565. The molecule has 2 bridgehead atoms. The van der Waals surface area contributed by atoms with Crippen molar-refractivity contribution >= 4 is 32.7 Å². The van der Waals surface area contributed by atoms with Gasteiger partial charge in [-0.3, -0.25) is 9.59 Å². The molecule has 1 aromatic carbocycles. The molecule has 0 amide bonds. The minimum Gasteiger partial charge on any atom is -0.465 e. The SMILES string of the molecule is CCOC(=O)[C@@H](Cc1c[nH]c2ccccc12)NS(=O)(=O)C[C@@]12CC[C@H](CC1=O)C2(C)C. The number of H-pyrrole nitrogens is 1. The van der Waals surface area contributed by atoms with Crippen molar-refractivity contribution < 1.29 is 22.7 Å². The molecule has 1 heterocycles. The highest BCUT2D eigenvalue weighted by atomic mass is 32.2. The van der Waals surface area contributed by atoms with E-state index in [4.69, 9.17) is 4.74 Å². The molecular formula is C23H30N2O5S. The summed E-state index contributed by atoms with van der Waals surface area (Å²) in [4.78, 5) is 28.6. The monoisotopic (exact) mass is 446 g/mol. The zero-order valence-corrected chi connectivity index (χ0v) is 19.1. The molecule has 31 heavy (non-hydrogen) atoms. The molecule has 2 aromatic rings. The van der Waals surface area contributed by atoms with Crippen molar-refractivity contribution in [2.24, 2.45) is 16.7 Å². The number of ketones is 1. The Morgan fingerprint density at radius 2 is 2.06 bits per heavy atom. The van der Waals surface area contributed by atoms with E-state index in [1.807, 2.05) is 38.1 Å². The van der Waals surface area contributed by atoms with Crippen molar-refractivity contribution in [1.29, 1.82) is 0 Å². The van der Waals surface area contributed by atoms with Crippen LogP contribution in [0.2, 0.25) is 0 Å². The number of para-hydroxylation sites is 1. The molecule has 0 unspecified atom stereocenters. The average Bonchev–Trinajstić information content (AvgIpc) is 3.27. The molecule has 0 aliphatic heterocycles. The second kappa shape index (κ2) is 7.74. The summed E-state index contributed by atoms with van der Waals surface area (Å²) in [6, 6.07) is 6.59. The predicted molar refractivity (Wildman–Crippen MR) is 118 cm³/mol. The van der Waals surface area contributed by atoms with Gasteiger partial charge in [0.05, 0.1) is 12.4 Å². The van der Waals surface area contributed by atoms with Crippen LogP contribution in [0.4, 0.5) is 0 Å². The van der Waals surface area contributed by atoms with E-state index in [2.05, 4.69) is 9.71 Å². The third-order valence-electron chi connectivity index (χ3n) is 7.57. The summed E-state index contributed by atoms with van der Waals surface area (Å²) in [5.41, 5.74) is 0.489. The number of fused-ring (bicyclic) bond motifs is 3. The number of aromatic amines is 1. The van der Waals surface area contributed by atoms with Crippen LogP contribution < -0.4 is 4.72 Å². The Balaban J connectivity index is 1.59. The number of rotatable bonds is 8. The molecule has 0 radical (unpaired) electrons. The first kappa shape index (κ1) is 22.0. The van der Waals surface area contributed by atoms with Gasteiger partial charge in [0.2, 0.25) is 10.0 Å². The van der Waals surface area contributed by atoms with Gasteiger partial charge in [-0.1, -0.05) is 32.0 Å². The van der Waals surface area contributed by atoms with Gasteiger partial charge in [-0.25, -0.2) is 13.1 Å². The highest BCUT2D eigenvalue weighted by molar-refractivity contribution is 7.89. The van der Waals surface area contributed by atoms with Crippen molar-refractivity contribution in [1.82, 2.24) is 9.71 Å². The third-order valence-corrected chi connectivity index (χ3v) is 9.08. The van der Waals surface area contributed by atoms with Gasteiger partial charge in [0.1, 0.15) is 11.8 Å². The topological polar surface area (TPSA) is 105 Å². The summed E-state index contributed by atoms with van der Waals surface area (Å²) in [7, 11) is -3.91. The van der Waals surface area contributed by atoms with Gasteiger partial charge in [-0.15, -0.1) is 0 Å². The summed E-state index contributed by atoms with van der Waals surface area (Å²) in [6.45, 7) is 5.84. The molecule has 2 saturated carbocycles. The Hall–Kier alpha value is -2.19. The standard InChI is InChI=1S/C23H30N2O5S/c1-4-30-21(27)19(11-15-13-24-18-8-6-5-7-17(15)18)25-31(28,29)14-23-10-9-16(12-20(23)26)22(23,2)3/h5-8,13,16,19,24-25H,4,9-12,14H2,1-3H3/t16-,19-,23+/m1/s1. The van der Waals surface area contributed by atoms with Gasteiger partial charge in [0, 0.05) is 35.4 Å². The van der Waals surface area contributed by atoms with E-state index in [9.17, 15) is 18.0 Å². The molecule has 8 heteroatoms. The van der Waals surface area contributed by atoms with Crippen LogP contribution in [0.5, 0.6) is 0 Å². The number of carbonyl (C=O) groups excluding carboxylic acids is 2. The molecule has 2 aliphatic rings. The molecule has 1 aromatic heterocycles. The van der Waals surface area contributed by atoms with E-state index < -0.39 is 27.4 Å². The van der Waals surface area contributed by atoms with Gasteiger partial charge in [-0.05, 0) is 42.7 Å². The molecule has 168 valence electrons. The number of hydrogen-bond donors (Lipinski definition) is 2. The first-order chi connectivity index (χ1) is 14.6.